The predicted molar refractivity (Wildman–Crippen MR) is 83.8 cm³/mol. The standard InChI is InChI=1S/C17H13N3O2/c1-8-6-13-14(17(22)12-7-11(12)16(13)21)15(20-19-8)9-2-4-10(18)5-3-9/h2-5H,6-7,18H2,1H3. The van der Waals surface area contributed by atoms with E-state index in [1.807, 2.05) is 6.92 Å². The molecule has 22 heavy (non-hydrogen) atoms. The molecule has 1 aliphatic heterocycles. The highest BCUT2D eigenvalue weighted by Crippen LogP contribution is 2.43. The Morgan fingerprint density at radius 3 is 2.32 bits per heavy atom. The summed E-state index contributed by atoms with van der Waals surface area (Å²) in [6.45, 7) is 1.81. The normalized spacial score (nSPS) is 20.2. The van der Waals surface area contributed by atoms with Crippen LogP contribution in [-0.2, 0) is 9.59 Å². The Kier molecular flexibility index (Phi) is 2.54. The van der Waals surface area contributed by atoms with Gasteiger partial charge in [0.1, 0.15) is 5.71 Å². The number of carbonyl (C=O) groups is 2. The van der Waals surface area contributed by atoms with Crippen LogP contribution in [0.5, 0.6) is 0 Å². The zero-order valence-corrected chi connectivity index (χ0v) is 12.0. The van der Waals surface area contributed by atoms with Crippen molar-refractivity contribution < 1.29 is 9.59 Å². The zero-order chi connectivity index (χ0) is 15.4. The first-order chi connectivity index (χ1) is 10.6. The van der Waals surface area contributed by atoms with Crippen molar-refractivity contribution in [3.05, 3.63) is 52.1 Å². The van der Waals surface area contributed by atoms with Gasteiger partial charge < -0.3 is 5.73 Å². The van der Waals surface area contributed by atoms with Gasteiger partial charge in [0, 0.05) is 46.5 Å². The minimum atomic E-state index is -0.0786. The van der Waals surface area contributed by atoms with Crippen LogP contribution in [0.25, 0.3) is 0 Å². The third-order valence-corrected chi connectivity index (χ3v) is 4.12. The fourth-order valence-electron chi connectivity index (χ4n) is 2.89. The summed E-state index contributed by atoms with van der Waals surface area (Å²) in [6, 6.07) is 7.08. The van der Waals surface area contributed by atoms with Crippen LogP contribution in [-0.4, -0.2) is 23.0 Å². The molecule has 108 valence electrons. The summed E-state index contributed by atoms with van der Waals surface area (Å²) in [6.07, 6.45) is 0.883. The number of Topliss-reactive ketones (excluding diaryl/α,β-unsaturated/α-hetero) is 2. The predicted octanol–water partition coefficient (Wildman–Crippen LogP) is 1.99. The van der Waals surface area contributed by atoms with E-state index >= 15 is 0 Å². The number of rotatable bonds is 1. The van der Waals surface area contributed by atoms with Crippen LogP contribution in [0, 0.1) is 0 Å². The van der Waals surface area contributed by atoms with Gasteiger partial charge in [-0.05, 0) is 19.1 Å². The van der Waals surface area contributed by atoms with Crippen molar-refractivity contribution in [2.24, 2.45) is 10.2 Å². The van der Waals surface area contributed by atoms with E-state index in [9.17, 15) is 9.59 Å². The number of nitrogen functional groups attached to an aromatic ring is 1. The second-order valence-electron chi connectivity index (χ2n) is 5.73. The summed E-state index contributed by atoms with van der Waals surface area (Å²) < 4.78 is 0. The van der Waals surface area contributed by atoms with E-state index in [-0.39, 0.29) is 11.6 Å². The molecule has 3 aliphatic rings. The fourth-order valence-corrected chi connectivity index (χ4v) is 2.89. The Labute approximate surface area is 126 Å². The molecule has 0 atom stereocenters. The summed E-state index contributed by atoms with van der Waals surface area (Å²) in [5, 5.41) is 8.38. The van der Waals surface area contributed by atoms with E-state index < -0.39 is 0 Å². The molecule has 0 bridgehead atoms. The van der Waals surface area contributed by atoms with Crippen molar-refractivity contribution >= 4 is 28.7 Å². The van der Waals surface area contributed by atoms with Crippen LogP contribution in [0.4, 0.5) is 5.69 Å². The molecule has 0 aromatic heterocycles. The van der Waals surface area contributed by atoms with Crippen molar-refractivity contribution in [1.29, 1.82) is 0 Å². The summed E-state index contributed by atoms with van der Waals surface area (Å²) in [4.78, 5) is 25.1. The number of hydrogen-bond donors (Lipinski definition) is 1. The van der Waals surface area contributed by atoms with E-state index in [0.717, 1.165) is 11.3 Å². The van der Waals surface area contributed by atoms with E-state index in [1.165, 1.54) is 0 Å². The average molecular weight is 291 g/mol. The molecule has 0 radical (unpaired) electrons. The smallest absolute Gasteiger partial charge is 0.192 e. The Hall–Kier alpha value is -2.82. The molecular weight excluding hydrogens is 278 g/mol. The lowest BCUT2D eigenvalue weighted by molar-refractivity contribution is -0.114. The molecule has 1 aromatic rings. The number of carbonyl (C=O) groups excluding carboxylic acids is 2. The largest absolute Gasteiger partial charge is 0.399 e. The number of allylic oxidation sites excluding steroid dienone is 4. The Morgan fingerprint density at radius 1 is 0.909 bits per heavy atom. The molecule has 4 rings (SSSR count). The first kappa shape index (κ1) is 12.9. The molecule has 0 unspecified atom stereocenters. The van der Waals surface area contributed by atoms with Crippen molar-refractivity contribution in [1.82, 2.24) is 0 Å². The molecular formula is C17H13N3O2. The molecule has 2 N–H and O–H groups in total. The van der Waals surface area contributed by atoms with E-state index in [1.54, 1.807) is 24.3 Å². The fraction of sp³-hybridized carbons (Fsp3) is 0.176. The van der Waals surface area contributed by atoms with E-state index in [0.29, 0.717) is 46.5 Å². The number of benzene rings is 1. The number of anilines is 1. The molecule has 0 amide bonds. The Balaban J connectivity index is 1.92. The maximum Gasteiger partial charge on any atom is 0.192 e. The third-order valence-electron chi connectivity index (χ3n) is 4.12. The maximum atomic E-state index is 12.6. The molecule has 0 spiro atoms. The van der Waals surface area contributed by atoms with Crippen molar-refractivity contribution in [2.75, 3.05) is 5.73 Å². The molecule has 5 nitrogen and oxygen atoms in total. The minimum absolute atomic E-state index is 0.0239. The van der Waals surface area contributed by atoms with Gasteiger partial charge in [-0.1, -0.05) is 12.1 Å². The SMILES string of the molecule is CC1=NN=C(c2ccc(N)cc2)C2=C(C1)C(=O)C1=C(C1)C2=O. The maximum absolute atomic E-state index is 12.6. The molecule has 1 heterocycles. The van der Waals surface area contributed by atoms with Crippen LogP contribution in [0.3, 0.4) is 0 Å². The topological polar surface area (TPSA) is 84.9 Å². The summed E-state index contributed by atoms with van der Waals surface area (Å²) in [5.41, 5.74) is 10.5. The molecule has 0 saturated heterocycles. The van der Waals surface area contributed by atoms with Crippen LogP contribution in [0.2, 0.25) is 0 Å². The number of ketones is 2. The summed E-state index contributed by atoms with van der Waals surface area (Å²) in [7, 11) is 0. The van der Waals surface area contributed by atoms with E-state index in [2.05, 4.69) is 10.2 Å². The zero-order valence-electron chi connectivity index (χ0n) is 12.0. The molecule has 0 fully saturated rings. The van der Waals surface area contributed by atoms with Crippen LogP contribution in [0.1, 0.15) is 25.3 Å². The third kappa shape index (κ3) is 1.79. The number of nitrogens with two attached hydrogens (primary N) is 1. The first-order valence-corrected chi connectivity index (χ1v) is 7.08. The second kappa shape index (κ2) is 4.34. The second-order valence-corrected chi connectivity index (χ2v) is 5.73. The van der Waals surface area contributed by atoms with Gasteiger partial charge in [0.2, 0.25) is 0 Å². The van der Waals surface area contributed by atoms with Gasteiger partial charge in [-0.3, -0.25) is 9.59 Å². The van der Waals surface area contributed by atoms with Gasteiger partial charge in [0.25, 0.3) is 0 Å². The van der Waals surface area contributed by atoms with Gasteiger partial charge in [0.05, 0.1) is 5.57 Å². The summed E-state index contributed by atoms with van der Waals surface area (Å²) >= 11 is 0. The lowest BCUT2D eigenvalue weighted by Gasteiger charge is -2.14. The van der Waals surface area contributed by atoms with Crippen molar-refractivity contribution in [3.8, 4) is 0 Å². The van der Waals surface area contributed by atoms with Gasteiger partial charge in [-0.25, -0.2) is 0 Å². The van der Waals surface area contributed by atoms with Gasteiger partial charge >= 0.3 is 0 Å². The highest BCUT2D eigenvalue weighted by atomic mass is 16.1. The van der Waals surface area contributed by atoms with Gasteiger partial charge in [0.15, 0.2) is 11.6 Å². The monoisotopic (exact) mass is 291 g/mol. The number of nitrogens with zero attached hydrogens (tertiary/aromatic N) is 2. The summed E-state index contributed by atoms with van der Waals surface area (Å²) in [5.74, 6) is -0.103. The van der Waals surface area contributed by atoms with Gasteiger partial charge in [-0.2, -0.15) is 5.10 Å². The lowest BCUT2D eigenvalue weighted by atomic mass is 9.86. The van der Waals surface area contributed by atoms with Crippen LogP contribution < -0.4 is 5.73 Å². The Morgan fingerprint density at radius 2 is 1.59 bits per heavy atom. The van der Waals surface area contributed by atoms with Crippen molar-refractivity contribution in [3.63, 3.8) is 0 Å². The molecule has 2 aliphatic carbocycles. The van der Waals surface area contributed by atoms with E-state index in [4.69, 9.17) is 5.73 Å². The molecule has 0 saturated carbocycles. The number of hydrogen-bond acceptors (Lipinski definition) is 5. The quantitative estimate of drug-likeness (QED) is 0.634. The molecule has 5 heteroatoms. The van der Waals surface area contributed by atoms with Crippen LogP contribution in [0.15, 0.2) is 56.8 Å². The highest BCUT2D eigenvalue weighted by Gasteiger charge is 2.44. The first-order valence-electron chi connectivity index (χ1n) is 7.08. The van der Waals surface area contributed by atoms with Crippen molar-refractivity contribution in [2.45, 2.75) is 19.8 Å². The molecule has 1 aromatic carbocycles. The van der Waals surface area contributed by atoms with Gasteiger partial charge in [-0.15, -0.1) is 5.10 Å². The minimum Gasteiger partial charge on any atom is -0.399 e. The Bertz CT molecular complexity index is 868. The average Bonchev–Trinajstić information content (AvgIpc) is 3.30. The highest BCUT2D eigenvalue weighted by molar-refractivity contribution is 6.43. The van der Waals surface area contributed by atoms with Crippen LogP contribution >= 0.6 is 0 Å². The lowest BCUT2D eigenvalue weighted by Crippen LogP contribution is -2.21.